The summed E-state index contributed by atoms with van der Waals surface area (Å²) in [6, 6.07) is 0. The van der Waals surface area contributed by atoms with Gasteiger partial charge in [0.15, 0.2) is 25.2 Å². The van der Waals surface area contributed by atoms with Crippen molar-refractivity contribution < 1.29 is 109 Å². The smallest absolute Gasteiger partial charge is 0.187 e. The highest BCUT2D eigenvalue weighted by Gasteiger charge is 2.71. The molecule has 0 radical (unpaired) electrons. The van der Waals surface area contributed by atoms with E-state index in [1.54, 1.807) is 0 Å². The molecule has 4 saturated heterocycles. The zero-order valence-corrected chi connectivity index (χ0v) is 44.7. The second kappa shape index (κ2) is 22.7. The summed E-state index contributed by atoms with van der Waals surface area (Å²) in [7, 11) is 0. The van der Waals surface area contributed by atoms with Gasteiger partial charge in [0, 0.05) is 0 Å². The molecule has 434 valence electrons. The van der Waals surface area contributed by atoms with Gasteiger partial charge in [-0.25, -0.2) is 0 Å². The molecule has 0 unspecified atom stereocenters. The average molecular weight is 1080 g/mol. The third kappa shape index (κ3) is 10.6. The Morgan fingerprint density at radius 1 is 0.587 bits per heavy atom. The maximum Gasteiger partial charge on any atom is 0.187 e. The molecule has 0 aromatic carbocycles. The number of aliphatic hydroxyl groups is 14. The predicted molar refractivity (Wildman–Crippen MR) is 260 cm³/mol. The second-order valence-corrected chi connectivity index (χ2v) is 25.3. The summed E-state index contributed by atoms with van der Waals surface area (Å²) in [5.41, 5.74) is -1.36. The van der Waals surface area contributed by atoms with Gasteiger partial charge in [-0.15, -0.1) is 0 Å². The number of aliphatic hydroxyl groups excluding tert-OH is 14. The van der Waals surface area contributed by atoms with Gasteiger partial charge in [0.05, 0.1) is 44.2 Å². The minimum absolute atomic E-state index is 0.00250. The second-order valence-electron chi connectivity index (χ2n) is 25.3. The Kier molecular flexibility index (Phi) is 18.1. The van der Waals surface area contributed by atoms with Crippen LogP contribution >= 0.6 is 0 Å². The Hall–Kier alpha value is -1.14. The van der Waals surface area contributed by atoms with Crippen molar-refractivity contribution in [3.63, 3.8) is 0 Å². The van der Waals surface area contributed by atoms with Crippen LogP contribution in [0, 0.1) is 45.3 Å². The van der Waals surface area contributed by atoms with E-state index in [0.717, 1.165) is 44.1 Å². The maximum absolute atomic E-state index is 12.5. The fourth-order valence-electron chi connectivity index (χ4n) is 16.2. The standard InChI is InChI=1S/C53H90O22/c1-23(2)10-9-15-53(8,75-47-42(67)38(63)36(61)30(72-47)22-69-45-40(65)33(58)27(57)21-68-45)25-13-16-51(6)24(25)11-12-32-50(5)18-26(56)44(49(3,4)31(50)14-17-52(32,51)7)74-48-43(39(64)35(60)29(20-55)71-48)73-46-41(66)37(62)34(59)28(19-54)70-46/h10,24-48,54-67H,9,11-22H2,1-8H3/t24-,25+,26-,27-,28-,29-,30-,31+,32-,33+,34-,35-,36-,37+,38+,39+,40-,41-,42-,43-,44+,45+,46+,47+,48+,50+,51-,52-,53+/m1/s1. The quantitative estimate of drug-likeness (QED) is 0.0651. The lowest BCUT2D eigenvalue weighted by Crippen LogP contribution is -2.69. The SMILES string of the molecule is CC(C)=CCC[C@](C)(O[C@@H]1O[C@H](CO[C@@H]2OC[C@@H](O)[C@H](O)[C@H]2O)[C@@H](O)[C@H](O)[C@H]1O)[C@H]1CC[C@]2(C)[C@@H]1CC[C@@H]1[C@@]3(C)C[C@@H](O)[C@H](O[C@@H]4O[C@H](CO)[C@@H](O)[C@H](O)[C@H]4O[C@@H]4O[C@H](CO)[C@@H](O)[C@H](O)[C@H]4O)C(C)(C)[C@@H]3CC[C@]12C. The lowest BCUT2D eigenvalue weighted by Gasteiger charge is -2.70. The zero-order valence-electron chi connectivity index (χ0n) is 44.7. The van der Waals surface area contributed by atoms with Crippen LogP contribution in [-0.2, 0) is 37.9 Å². The number of allylic oxidation sites excluding steroid dienone is 2. The summed E-state index contributed by atoms with van der Waals surface area (Å²) in [5, 5.41) is 151. The van der Waals surface area contributed by atoms with Crippen molar-refractivity contribution in [3.05, 3.63) is 11.6 Å². The molecule has 0 aromatic rings. The van der Waals surface area contributed by atoms with Crippen LogP contribution in [0.2, 0.25) is 0 Å². The Morgan fingerprint density at radius 2 is 1.16 bits per heavy atom. The fourth-order valence-corrected chi connectivity index (χ4v) is 16.2. The monoisotopic (exact) mass is 1080 g/mol. The molecule has 4 aliphatic heterocycles. The molecule has 8 fully saturated rings. The number of hydrogen-bond acceptors (Lipinski definition) is 22. The first kappa shape index (κ1) is 60.0. The van der Waals surface area contributed by atoms with Crippen molar-refractivity contribution in [2.45, 2.75) is 248 Å². The van der Waals surface area contributed by atoms with Crippen LogP contribution in [0.1, 0.15) is 113 Å². The molecular weight excluding hydrogens is 989 g/mol. The summed E-state index contributed by atoms with van der Waals surface area (Å²) >= 11 is 0. The Morgan fingerprint density at radius 3 is 1.80 bits per heavy atom. The molecule has 22 nitrogen and oxygen atoms in total. The highest BCUT2D eigenvalue weighted by molar-refractivity contribution is 5.20. The van der Waals surface area contributed by atoms with Crippen LogP contribution in [0.3, 0.4) is 0 Å². The van der Waals surface area contributed by atoms with E-state index in [0.29, 0.717) is 19.3 Å². The first-order chi connectivity index (χ1) is 35.1. The van der Waals surface area contributed by atoms with E-state index < -0.39 is 165 Å². The van der Waals surface area contributed by atoms with E-state index in [-0.39, 0.29) is 41.1 Å². The molecule has 0 bridgehead atoms. The first-order valence-electron chi connectivity index (χ1n) is 27.3. The average Bonchev–Trinajstić information content (AvgIpc) is 3.72. The van der Waals surface area contributed by atoms with Gasteiger partial charge in [-0.2, -0.15) is 0 Å². The Labute approximate surface area is 439 Å². The van der Waals surface area contributed by atoms with E-state index >= 15 is 0 Å². The minimum Gasteiger partial charge on any atom is -0.394 e. The lowest BCUT2D eigenvalue weighted by molar-refractivity contribution is -0.383. The number of fused-ring (bicyclic) bond motifs is 5. The van der Waals surface area contributed by atoms with Gasteiger partial charge in [-0.3, -0.25) is 0 Å². The summed E-state index contributed by atoms with van der Waals surface area (Å²) in [5.74, 6) is 0.274. The molecule has 0 amide bonds. The predicted octanol–water partition coefficient (Wildman–Crippen LogP) is -1.56. The number of ether oxygens (including phenoxy) is 8. The van der Waals surface area contributed by atoms with Crippen LogP contribution < -0.4 is 0 Å². The lowest BCUT2D eigenvalue weighted by atomic mass is 9.35. The molecular formula is C53H90O22. The highest BCUT2D eigenvalue weighted by Crippen LogP contribution is 2.76. The van der Waals surface area contributed by atoms with E-state index in [9.17, 15) is 71.5 Å². The largest absolute Gasteiger partial charge is 0.394 e. The molecule has 0 spiro atoms. The zero-order chi connectivity index (χ0) is 55.1. The summed E-state index contributed by atoms with van der Waals surface area (Å²) in [6.07, 6.45) is -22.9. The third-order valence-electron chi connectivity index (χ3n) is 20.4. The van der Waals surface area contributed by atoms with Crippen molar-refractivity contribution in [2.75, 3.05) is 26.4 Å². The Balaban J connectivity index is 1.01. The van der Waals surface area contributed by atoms with Crippen LogP contribution in [0.15, 0.2) is 11.6 Å². The fraction of sp³-hybridized carbons (Fsp3) is 0.962. The van der Waals surface area contributed by atoms with Gasteiger partial charge in [0.2, 0.25) is 0 Å². The van der Waals surface area contributed by atoms with Gasteiger partial charge in [0.25, 0.3) is 0 Å². The molecule has 75 heavy (non-hydrogen) atoms. The van der Waals surface area contributed by atoms with Crippen LogP contribution in [0.4, 0.5) is 0 Å². The molecule has 8 aliphatic rings. The molecule has 4 saturated carbocycles. The molecule has 29 atom stereocenters. The Bertz CT molecular complexity index is 1940. The van der Waals surface area contributed by atoms with Crippen LogP contribution in [-0.4, -0.2) is 232 Å². The topological polar surface area (TPSA) is 357 Å². The molecule has 22 heteroatoms. The minimum atomic E-state index is -1.84. The molecule has 0 aromatic heterocycles. The molecule has 4 heterocycles. The first-order valence-corrected chi connectivity index (χ1v) is 27.3. The normalized spacial score (nSPS) is 52.7. The van der Waals surface area contributed by atoms with Crippen molar-refractivity contribution >= 4 is 0 Å². The van der Waals surface area contributed by atoms with E-state index in [1.807, 2.05) is 34.6 Å². The van der Waals surface area contributed by atoms with Gasteiger partial charge in [-0.05, 0) is 124 Å². The van der Waals surface area contributed by atoms with Gasteiger partial charge >= 0.3 is 0 Å². The van der Waals surface area contributed by atoms with E-state index in [1.165, 1.54) is 0 Å². The third-order valence-corrected chi connectivity index (χ3v) is 20.4. The maximum atomic E-state index is 12.5. The number of hydrogen-bond donors (Lipinski definition) is 14. The van der Waals surface area contributed by atoms with Crippen molar-refractivity contribution in [1.29, 1.82) is 0 Å². The summed E-state index contributed by atoms with van der Waals surface area (Å²) < 4.78 is 48.7. The van der Waals surface area contributed by atoms with Crippen LogP contribution in [0.5, 0.6) is 0 Å². The van der Waals surface area contributed by atoms with E-state index in [4.69, 9.17) is 37.9 Å². The molecule has 8 rings (SSSR count). The van der Waals surface area contributed by atoms with E-state index in [2.05, 4.69) is 26.8 Å². The van der Waals surface area contributed by atoms with Crippen LogP contribution in [0.25, 0.3) is 0 Å². The van der Waals surface area contributed by atoms with Gasteiger partial charge < -0.3 is 109 Å². The molecule has 4 aliphatic carbocycles. The van der Waals surface area contributed by atoms with Crippen molar-refractivity contribution in [2.24, 2.45) is 45.3 Å². The number of rotatable bonds is 15. The molecule has 14 N–H and O–H groups in total. The highest BCUT2D eigenvalue weighted by atomic mass is 16.8. The summed E-state index contributed by atoms with van der Waals surface area (Å²) in [6.45, 7) is 15.1. The van der Waals surface area contributed by atoms with Gasteiger partial charge in [-0.1, -0.05) is 46.3 Å². The van der Waals surface area contributed by atoms with Crippen molar-refractivity contribution in [3.8, 4) is 0 Å². The van der Waals surface area contributed by atoms with Gasteiger partial charge in [0.1, 0.15) is 91.6 Å². The summed E-state index contributed by atoms with van der Waals surface area (Å²) in [4.78, 5) is 0. The van der Waals surface area contributed by atoms with Crippen molar-refractivity contribution in [1.82, 2.24) is 0 Å².